The number of carbonyl (C=O) groups is 2. The third kappa shape index (κ3) is 6.36. The van der Waals surface area contributed by atoms with Crippen LogP contribution in [0.15, 0.2) is 65.1 Å². The van der Waals surface area contributed by atoms with Gasteiger partial charge in [-0.15, -0.1) is 10.2 Å². The molecule has 208 valence electrons. The van der Waals surface area contributed by atoms with E-state index in [9.17, 15) is 14.0 Å². The first-order chi connectivity index (χ1) is 19.4. The molecule has 2 aromatic carbocycles. The molecule has 0 radical (unpaired) electrons. The molecule has 1 aliphatic carbocycles. The molecule has 10 nitrogen and oxygen atoms in total. The largest absolute Gasteiger partial charge is 0.497 e. The van der Waals surface area contributed by atoms with Crippen LogP contribution in [0.2, 0.25) is 0 Å². The molecule has 11 heteroatoms. The van der Waals surface area contributed by atoms with Gasteiger partial charge in [-0.25, -0.2) is 4.39 Å². The van der Waals surface area contributed by atoms with Gasteiger partial charge in [0.15, 0.2) is 6.04 Å². The molecular formula is C29H31FN6O4. The van der Waals surface area contributed by atoms with Gasteiger partial charge in [0.1, 0.15) is 29.6 Å². The van der Waals surface area contributed by atoms with Crippen molar-refractivity contribution in [3.8, 4) is 17.1 Å². The van der Waals surface area contributed by atoms with Crippen molar-refractivity contribution in [2.75, 3.05) is 7.11 Å². The van der Waals surface area contributed by atoms with Gasteiger partial charge >= 0.3 is 0 Å². The van der Waals surface area contributed by atoms with Crippen LogP contribution >= 0.6 is 0 Å². The molecular weight excluding hydrogens is 515 g/mol. The van der Waals surface area contributed by atoms with Gasteiger partial charge in [-0.3, -0.25) is 9.59 Å². The summed E-state index contributed by atoms with van der Waals surface area (Å²) >= 11 is 0. The van der Waals surface area contributed by atoms with E-state index in [0.29, 0.717) is 34.2 Å². The number of hydrogen-bond donors (Lipinski definition) is 1. The van der Waals surface area contributed by atoms with Crippen LogP contribution in [0.5, 0.6) is 5.75 Å². The maximum absolute atomic E-state index is 13.9. The van der Waals surface area contributed by atoms with Crippen LogP contribution in [-0.2, 0) is 22.7 Å². The molecule has 1 saturated carbocycles. The molecule has 0 bridgehead atoms. The number of halogens is 1. The van der Waals surface area contributed by atoms with E-state index < -0.39 is 17.8 Å². The zero-order chi connectivity index (χ0) is 28.1. The summed E-state index contributed by atoms with van der Waals surface area (Å²) in [4.78, 5) is 30.2. The van der Waals surface area contributed by atoms with Crippen LogP contribution in [0, 0.1) is 12.7 Å². The Bertz CT molecular complexity index is 1440. The fourth-order valence-electron chi connectivity index (χ4n) is 4.86. The van der Waals surface area contributed by atoms with Crippen LogP contribution in [0.3, 0.4) is 0 Å². The monoisotopic (exact) mass is 546 g/mol. The molecule has 2 amide bonds. The zero-order valence-corrected chi connectivity index (χ0v) is 22.4. The highest BCUT2D eigenvalue weighted by molar-refractivity contribution is 5.88. The van der Waals surface area contributed by atoms with E-state index in [-0.39, 0.29) is 25.0 Å². The predicted molar refractivity (Wildman–Crippen MR) is 143 cm³/mol. The quantitative estimate of drug-likeness (QED) is 0.317. The molecule has 1 N–H and O–H groups in total. The van der Waals surface area contributed by atoms with E-state index in [0.717, 1.165) is 25.7 Å². The highest BCUT2D eigenvalue weighted by Gasteiger charge is 2.35. The summed E-state index contributed by atoms with van der Waals surface area (Å²) < 4.78 is 24.7. The Morgan fingerprint density at radius 1 is 1.10 bits per heavy atom. The molecule has 1 atom stereocenters. The lowest BCUT2D eigenvalue weighted by Crippen LogP contribution is -2.46. The number of nitrogens with zero attached hydrogens (tertiary/aromatic N) is 5. The van der Waals surface area contributed by atoms with E-state index in [1.165, 1.54) is 21.8 Å². The molecule has 1 fully saturated rings. The fourth-order valence-corrected chi connectivity index (χ4v) is 4.86. The lowest BCUT2D eigenvalue weighted by Gasteiger charge is -2.30. The first-order valence-electron chi connectivity index (χ1n) is 13.2. The minimum atomic E-state index is -1.04. The van der Waals surface area contributed by atoms with Gasteiger partial charge in [0.2, 0.25) is 11.7 Å². The van der Waals surface area contributed by atoms with Crippen molar-refractivity contribution in [1.82, 2.24) is 30.4 Å². The number of tetrazole rings is 1. The number of rotatable bonds is 10. The van der Waals surface area contributed by atoms with Crippen LogP contribution in [0.4, 0.5) is 4.39 Å². The van der Waals surface area contributed by atoms with Gasteiger partial charge in [0.25, 0.3) is 5.91 Å². The molecule has 0 spiro atoms. The molecule has 2 heterocycles. The number of methoxy groups -OCH3 is 1. The third-order valence-electron chi connectivity index (χ3n) is 6.96. The standard InChI is InChI=1S/C29H31FN6O4/c1-19-7-16-25(40-19)27(29(38)31-23-5-3-4-6-23)35(17-20-8-12-22(30)13-9-20)26(37)18-36-33-28(32-34-36)21-10-14-24(39-2)15-11-21/h7-16,23,27H,3-6,17-18H2,1-2H3,(H,31,38)/t27-/m0/s1. The second kappa shape index (κ2) is 12.1. The minimum absolute atomic E-state index is 0.0397. The number of hydrogen-bond acceptors (Lipinski definition) is 7. The number of nitrogens with one attached hydrogen (secondary N) is 1. The maximum atomic E-state index is 13.9. The van der Waals surface area contributed by atoms with Crippen molar-refractivity contribution in [3.05, 3.63) is 83.6 Å². The van der Waals surface area contributed by atoms with E-state index in [2.05, 4.69) is 20.7 Å². The summed E-state index contributed by atoms with van der Waals surface area (Å²) in [6.45, 7) is 1.56. The Hall–Kier alpha value is -4.54. The summed E-state index contributed by atoms with van der Waals surface area (Å²) in [5.74, 6) is 0.844. The molecule has 5 rings (SSSR count). The summed E-state index contributed by atoms with van der Waals surface area (Å²) in [6.07, 6.45) is 3.86. The Morgan fingerprint density at radius 2 is 1.82 bits per heavy atom. The summed E-state index contributed by atoms with van der Waals surface area (Å²) in [5.41, 5.74) is 1.37. The molecule has 2 aromatic heterocycles. The van der Waals surface area contributed by atoms with E-state index in [4.69, 9.17) is 9.15 Å². The van der Waals surface area contributed by atoms with Crippen LogP contribution < -0.4 is 10.1 Å². The molecule has 1 aliphatic rings. The van der Waals surface area contributed by atoms with Gasteiger partial charge in [0, 0.05) is 18.2 Å². The van der Waals surface area contributed by atoms with Crippen molar-refractivity contribution < 1.29 is 23.1 Å². The van der Waals surface area contributed by atoms with E-state index in [1.807, 2.05) is 0 Å². The smallest absolute Gasteiger partial charge is 0.250 e. The van der Waals surface area contributed by atoms with Crippen molar-refractivity contribution >= 4 is 11.8 Å². The lowest BCUT2D eigenvalue weighted by molar-refractivity contribution is -0.143. The SMILES string of the molecule is COc1ccc(-c2nnn(CC(=O)N(Cc3ccc(F)cc3)[C@H](C(=O)NC3CCCC3)c3ccc(C)o3)n2)cc1. The van der Waals surface area contributed by atoms with Gasteiger partial charge < -0.3 is 19.4 Å². The molecule has 4 aromatic rings. The Balaban J connectivity index is 1.44. The molecule has 0 aliphatic heterocycles. The number of benzene rings is 2. The number of aryl methyl sites for hydroxylation is 1. The highest BCUT2D eigenvalue weighted by atomic mass is 19.1. The Morgan fingerprint density at radius 3 is 2.48 bits per heavy atom. The third-order valence-corrected chi connectivity index (χ3v) is 6.96. The number of amides is 2. The first kappa shape index (κ1) is 27.0. The zero-order valence-electron chi connectivity index (χ0n) is 22.4. The fraction of sp³-hybridized carbons (Fsp3) is 0.345. The van der Waals surface area contributed by atoms with E-state index in [1.54, 1.807) is 62.6 Å². The number of aromatic nitrogens is 4. The summed E-state index contributed by atoms with van der Waals surface area (Å²) in [6, 6.07) is 15.4. The molecule has 0 unspecified atom stereocenters. The van der Waals surface area contributed by atoms with Gasteiger partial charge in [-0.2, -0.15) is 4.80 Å². The topological polar surface area (TPSA) is 115 Å². The molecule has 0 saturated heterocycles. The van der Waals surface area contributed by atoms with Crippen molar-refractivity contribution in [3.63, 3.8) is 0 Å². The maximum Gasteiger partial charge on any atom is 0.250 e. The predicted octanol–water partition coefficient (Wildman–Crippen LogP) is 4.22. The van der Waals surface area contributed by atoms with Gasteiger partial charge in [0.05, 0.1) is 7.11 Å². The van der Waals surface area contributed by atoms with Crippen molar-refractivity contribution in [2.24, 2.45) is 0 Å². The Labute approximate surface area is 231 Å². The van der Waals surface area contributed by atoms with Gasteiger partial charge in [-0.1, -0.05) is 25.0 Å². The number of carbonyl (C=O) groups excluding carboxylic acids is 2. The van der Waals surface area contributed by atoms with Gasteiger partial charge in [-0.05, 0) is 79.1 Å². The number of ether oxygens (including phenoxy) is 1. The first-order valence-corrected chi connectivity index (χ1v) is 13.2. The second-order valence-electron chi connectivity index (χ2n) is 9.86. The van der Waals surface area contributed by atoms with E-state index >= 15 is 0 Å². The average molecular weight is 547 g/mol. The normalized spacial score (nSPS) is 14.2. The van der Waals surface area contributed by atoms with Crippen molar-refractivity contribution in [1.29, 1.82) is 0 Å². The van der Waals surface area contributed by atoms with Crippen LogP contribution in [-0.4, -0.2) is 50.1 Å². The highest BCUT2D eigenvalue weighted by Crippen LogP contribution is 2.28. The lowest BCUT2D eigenvalue weighted by atomic mass is 10.1. The minimum Gasteiger partial charge on any atom is -0.497 e. The van der Waals surface area contributed by atoms with Crippen molar-refractivity contribution in [2.45, 2.75) is 57.8 Å². The van der Waals surface area contributed by atoms with Crippen LogP contribution in [0.1, 0.15) is 48.8 Å². The molecule has 40 heavy (non-hydrogen) atoms. The Kier molecular flexibility index (Phi) is 8.18. The summed E-state index contributed by atoms with van der Waals surface area (Å²) in [5, 5.41) is 15.6. The average Bonchev–Trinajstić information content (AvgIpc) is 3.73. The number of furan rings is 1. The van der Waals surface area contributed by atoms with Crippen LogP contribution in [0.25, 0.3) is 11.4 Å². The summed E-state index contributed by atoms with van der Waals surface area (Å²) in [7, 11) is 1.58. The second-order valence-corrected chi connectivity index (χ2v) is 9.86.